The molecule has 126 valence electrons. The molecule has 3 N–H and O–H groups in total. The van der Waals surface area contributed by atoms with Crippen LogP contribution in [-0.2, 0) is 4.79 Å². The van der Waals surface area contributed by atoms with Crippen LogP contribution in [-0.4, -0.2) is 12.5 Å². The summed E-state index contributed by atoms with van der Waals surface area (Å²) in [6.07, 6.45) is 0. The molecule has 0 spiro atoms. The van der Waals surface area contributed by atoms with Crippen molar-refractivity contribution in [2.24, 2.45) is 0 Å². The third-order valence-corrected chi connectivity index (χ3v) is 3.96. The van der Waals surface area contributed by atoms with Crippen LogP contribution in [0.25, 0.3) is 16.5 Å². The third kappa shape index (κ3) is 4.38. The summed E-state index contributed by atoms with van der Waals surface area (Å²) >= 11 is 0. The summed E-state index contributed by atoms with van der Waals surface area (Å²) in [5.41, 5.74) is 9.21. The fourth-order valence-electron chi connectivity index (χ4n) is 2.49. The van der Waals surface area contributed by atoms with Crippen LogP contribution in [0.1, 0.15) is 11.1 Å². The Labute approximate surface area is 147 Å². The van der Waals surface area contributed by atoms with Gasteiger partial charge in [-0.05, 0) is 41.5 Å². The lowest BCUT2D eigenvalue weighted by atomic mass is 10.1. The van der Waals surface area contributed by atoms with E-state index in [2.05, 4.69) is 34.9 Å². The minimum atomic E-state index is -0.164. The molecule has 0 bridgehead atoms. The zero-order valence-electron chi connectivity index (χ0n) is 14.2. The molecule has 0 fully saturated rings. The van der Waals surface area contributed by atoms with Gasteiger partial charge in [-0.1, -0.05) is 60.7 Å². The maximum atomic E-state index is 12.0. The number of rotatable bonds is 6. The summed E-state index contributed by atoms with van der Waals surface area (Å²) in [5.74, 6) is -0.164. The molecule has 3 aromatic carbocycles. The lowest BCUT2D eigenvalue weighted by molar-refractivity contribution is -0.120. The number of nitrogens with one attached hydrogen (secondary N) is 3. The van der Waals surface area contributed by atoms with Crippen molar-refractivity contribution in [1.29, 1.82) is 0 Å². The highest BCUT2D eigenvalue weighted by Gasteiger charge is 2.04. The van der Waals surface area contributed by atoms with E-state index >= 15 is 0 Å². The average molecular weight is 331 g/mol. The van der Waals surface area contributed by atoms with Crippen LogP contribution >= 0.6 is 0 Å². The molecule has 3 rings (SSSR count). The number of hydrogen-bond acceptors (Lipinski definition) is 3. The summed E-state index contributed by atoms with van der Waals surface area (Å²) in [4.78, 5) is 12.0. The van der Waals surface area contributed by atoms with Crippen molar-refractivity contribution in [3.05, 3.63) is 84.4 Å². The van der Waals surface area contributed by atoms with Crippen molar-refractivity contribution >= 4 is 28.1 Å². The van der Waals surface area contributed by atoms with Gasteiger partial charge in [0.25, 0.3) is 5.91 Å². The number of amides is 1. The van der Waals surface area contributed by atoms with E-state index in [0.717, 1.165) is 16.6 Å². The second-order valence-corrected chi connectivity index (χ2v) is 5.93. The van der Waals surface area contributed by atoms with Gasteiger partial charge in [0.05, 0.1) is 12.2 Å². The van der Waals surface area contributed by atoms with Crippen molar-refractivity contribution in [1.82, 2.24) is 10.9 Å². The van der Waals surface area contributed by atoms with Gasteiger partial charge in [0.15, 0.2) is 0 Å². The molecule has 0 aliphatic rings. The third-order valence-electron chi connectivity index (χ3n) is 3.96. The van der Waals surface area contributed by atoms with Crippen molar-refractivity contribution < 1.29 is 4.79 Å². The van der Waals surface area contributed by atoms with E-state index in [4.69, 9.17) is 0 Å². The van der Waals surface area contributed by atoms with Gasteiger partial charge < -0.3 is 5.32 Å². The molecule has 0 saturated carbocycles. The molecule has 0 aliphatic carbocycles. The number of anilines is 1. The fourth-order valence-corrected chi connectivity index (χ4v) is 2.49. The Bertz CT molecular complexity index is 900. The van der Waals surface area contributed by atoms with E-state index < -0.39 is 0 Å². The molecule has 4 nitrogen and oxygen atoms in total. The molecule has 25 heavy (non-hydrogen) atoms. The van der Waals surface area contributed by atoms with Gasteiger partial charge in [-0.15, -0.1) is 0 Å². The summed E-state index contributed by atoms with van der Waals surface area (Å²) in [7, 11) is 0. The predicted octanol–water partition coefficient (Wildman–Crippen LogP) is 3.85. The number of hydrazine groups is 1. The van der Waals surface area contributed by atoms with E-state index in [1.807, 2.05) is 61.5 Å². The second-order valence-electron chi connectivity index (χ2n) is 5.93. The molecule has 0 radical (unpaired) electrons. The SMILES string of the molecule is C=C(NNC(=O)CNc1ccc(C)cc1)c1ccc2ccccc2c1. The Morgan fingerprint density at radius 1 is 0.920 bits per heavy atom. The minimum absolute atomic E-state index is 0.164. The monoisotopic (exact) mass is 331 g/mol. The summed E-state index contributed by atoms with van der Waals surface area (Å²) < 4.78 is 0. The minimum Gasteiger partial charge on any atom is -0.376 e. The number of fused-ring (bicyclic) bond motifs is 1. The Kier molecular flexibility index (Phi) is 5.00. The standard InChI is InChI=1S/C21H21N3O/c1-15-7-11-20(12-8-15)22-14-21(25)24-23-16(2)18-10-9-17-5-3-4-6-19(17)13-18/h3-13,22-23H,2,14H2,1H3,(H,24,25). The van der Waals surface area contributed by atoms with Crippen molar-refractivity contribution in [3.8, 4) is 0 Å². The predicted molar refractivity (Wildman–Crippen MR) is 104 cm³/mol. The summed E-state index contributed by atoms with van der Waals surface area (Å²) in [6.45, 7) is 6.19. The van der Waals surface area contributed by atoms with E-state index in [1.165, 1.54) is 10.9 Å². The Hall–Kier alpha value is -3.27. The second kappa shape index (κ2) is 7.53. The number of carbonyl (C=O) groups is 1. The van der Waals surface area contributed by atoms with Gasteiger partial charge in [-0.25, -0.2) is 0 Å². The van der Waals surface area contributed by atoms with Crippen LogP contribution in [0.4, 0.5) is 5.69 Å². The molecule has 0 saturated heterocycles. The van der Waals surface area contributed by atoms with Crippen molar-refractivity contribution in [2.75, 3.05) is 11.9 Å². The molecule has 0 unspecified atom stereocenters. The molecule has 4 heteroatoms. The van der Waals surface area contributed by atoms with Crippen LogP contribution in [0, 0.1) is 6.92 Å². The van der Waals surface area contributed by atoms with Gasteiger partial charge in [-0.2, -0.15) is 0 Å². The molecular weight excluding hydrogens is 310 g/mol. The van der Waals surface area contributed by atoms with E-state index in [0.29, 0.717) is 5.70 Å². The molecule has 0 aliphatic heterocycles. The highest BCUT2D eigenvalue weighted by Crippen LogP contribution is 2.18. The Balaban J connectivity index is 1.52. The quantitative estimate of drug-likeness (QED) is 0.601. The number of carbonyl (C=O) groups excluding carboxylic acids is 1. The molecular formula is C21H21N3O. The number of benzene rings is 3. The molecule has 0 aromatic heterocycles. The van der Waals surface area contributed by atoms with Crippen molar-refractivity contribution in [3.63, 3.8) is 0 Å². The van der Waals surface area contributed by atoms with Gasteiger partial charge in [0, 0.05) is 5.69 Å². The maximum Gasteiger partial charge on any atom is 0.257 e. The molecule has 0 heterocycles. The lowest BCUT2D eigenvalue weighted by Gasteiger charge is -2.13. The largest absolute Gasteiger partial charge is 0.376 e. The van der Waals surface area contributed by atoms with E-state index in [1.54, 1.807) is 0 Å². The van der Waals surface area contributed by atoms with Crippen molar-refractivity contribution in [2.45, 2.75) is 6.92 Å². The van der Waals surface area contributed by atoms with Gasteiger partial charge in [0.2, 0.25) is 0 Å². The average Bonchev–Trinajstić information content (AvgIpc) is 2.65. The first-order valence-electron chi connectivity index (χ1n) is 8.15. The van der Waals surface area contributed by atoms with Gasteiger partial charge >= 0.3 is 0 Å². The van der Waals surface area contributed by atoms with E-state index in [-0.39, 0.29) is 12.5 Å². The highest BCUT2D eigenvalue weighted by molar-refractivity contribution is 5.86. The number of aryl methyl sites for hydroxylation is 1. The van der Waals surface area contributed by atoms with E-state index in [9.17, 15) is 4.79 Å². The van der Waals surface area contributed by atoms with Gasteiger partial charge in [-0.3, -0.25) is 15.6 Å². The zero-order chi connectivity index (χ0) is 17.6. The zero-order valence-corrected chi connectivity index (χ0v) is 14.2. The molecule has 0 atom stereocenters. The van der Waals surface area contributed by atoms with Crippen LogP contribution in [0.5, 0.6) is 0 Å². The molecule has 3 aromatic rings. The van der Waals surface area contributed by atoms with Crippen LogP contribution in [0.15, 0.2) is 73.3 Å². The normalized spacial score (nSPS) is 10.3. The highest BCUT2D eigenvalue weighted by atomic mass is 16.2. The summed E-state index contributed by atoms with van der Waals surface area (Å²) in [6, 6.07) is 22.1. The van der Waals surface area contributed by atoms with Crippen LogP contribution in [0.2, 0.25) is 0 Å². The van der Waals surface area contributed by atoms with Crippen LogP contribution in [0.3, 0.4) is 0 Å². The summed E-state index contributed by atoms with van der Waals surface area (Å²) in [5, 5.41) is 5.38. The first-order valence-corrected chi connectivity index (χ1v) is 8.15. The first kappa shape index (κ1) is 16.6. The Morgan fingerprint density at radius 2 is 1.64 bits per heavy atom. The smallest absolute Gasteiger partial charge is 0.257 e. The molecule has 1 amide bonds. The topological polar surface area (TPSA) is 53.2 Å². The lowest BCUT2D eigenvalue weighted by Crippen LogP contribution is -2.39. The maximum absolute atomic E-state index is 12.0. The van der Waals surface area contributed by atoms with Gasteiger partial charge in [0.1, 0.15) is 0 Å². The number of hydrogen-bond donors (Lipinski definition) is 3. The first-order chi connectivity index (χ1) is 12.1. The van der Waals surface area contributed by atoms with Crippen LogP contribution < -0.4 is 16.2 Å². The Morgan fingerprint density at radius 3 is 2.40 bits per heavy atom. The fraction of sp³-hybridized carbons (Fsp3) is 0.0952.